The molecule has 0 bridgehead atoms. The van der Waals surface area contributed by atoms with E-state index in [0.717, 1.165) is 44.1 Å². The number of carbonyl (C=O) groups excluding carboxylic acids is 1. The standard InChI is InChI=1S/C15H27N5O2/c1-12-17-13(2)20(18-12)11-14-5-4-7-19(10-14)15(21)9-16-6-8-22-3/h14,16H,4-11H2,1-3H3. The Labute approximate surface area is 132 Å². The van der Waals surface area contributed by atoms with Crippen LogP contribution in [0.4, 0.5) is 0 Å². The molecule has 1 aromatic heterocycles. The van der Waals surface area contributed by atoms with E-state index in [0.29, 0.717) is 25.6 Å². The Morgan fingerprint density at radius 2 is 2.27 bits per heavy atom. The van der Waals surface area contributed by atoms with Crippen LogP contribution in [0.2, 0.25) is 0 Å². The number of carbonyl (C=O) groups is 1. The van der Waals surface area contributed by atoms with E-state index in [1.165, 1.54) is 0 Å². The summed E-state index contributed by atoms with van der Waals surface area (Å²) in [6.45, 7) is 8.11. The lowest BCUT2D eigenvalue weighted by Gasteiger charge is -2.33. The maximum atomic E-state index is 12.2. The van der Waals surface area contributed by atoms with Crippen molar-refractivity contribution in [3.05, 3.63) is 11.6 Å². The maximum absolute atomic E-state index is 12.2. The lowest BCUT2D eigenvalue weighted by Crippen LogP contribution is -2.45. The van der Waals surface area contributed by atoms with Crippen LogP contribution < -0.4 is 5.32 Å². The van der Waals surface area contributed by atoms with Crippen LogP contribution in [0, 0.1) is 19.8 Å². The third-order valence-corrected chi connectivity index (χ3v) is 4.02. The van der Waals surface area contributed by atoms with Gasteiger partial charge in [0.25, 0.3) is 0 Å². The Kier molecular flexibility index (Phi) is 6.33. The van der Waals surface area contributed by atoms with Crippen LogP contribution in [0.1, 0.15) is 24.5 Å². The SMILES string of the molecule is COCCNCC(=O)N1CCCC(Cn2nc(C)nc2C)C1. The molecule has 1 N–H and O–H groups in total. The quantitative estimate of drug-likeness (QED) is 0.737. The van der Waals surface area contributed by atoms with Gasteiger partial charge >= 0.3 is 0 Å². The van der Waals surface area contributed by atoms with Crippen molar-refractivity contribution in [3.63, 3.8) is 0 Å². The van der Waals surface area contributed by atoms with Crippen LogP contribution >= 0.6 is 0 Å². The van der Waals surface area contributed by atoms with Gasteiger partial charge in [0.1, 0.15) is 11.6 Å². The number of nitrogens with one attached hydrogen (secondary N) is 1. The third-order valence-electron chi connectivity index (χ3n) is 4.02. The Morgan fingerprint density at radius 1 is 1.45 bits per heavy atom. The molecule has 7 heteroatoms. The van der Waals surface area contributed by atoms with Gasteiger partial charge in [-0.2, -0.15) is 5.10 Å². The molecule has 2 heterocycles. The van der Waals surface area contributed by atoms with Crippen molar-refractivity contribution in [2.45, 2.75) is 33.2 Å². The fraction of sp³-hybridized carbons (Fsp3) is 0.800. The highest BCUT2D eigenvalue weighted by molar-refractivity contribution is 5.78. The number of hydrogen-bond donors (Lipinski definition) is 1. The number of piperidine rings is 1. The topological polar surface area (TPSA) is 72.3 Å². The summed E-state index contributed by atoms with van der Waals surface area (Å²) in [6.07, 6.45) is 2.19. The Bertz CT molecular complexity index is 488. The fourth-order valence-corrected chi connectivity index (χ4v) is 2.90. The normalized spacial score (nSPS) is 18.7. The van der Waals surface area contributed by atoms with E-state index in [1.807, 2.05) is 23.4 Å². The molecule has 1 aliphatic heterocycles. The van der Waals surface area contributed by atoms with E-state index >= 15 is 0 Å². The molecule has 0 aromatic carbocycles. The van der Waals surface area contributed by atoms with Gasteiger partial charge in [-0.1, -0.05) is 0 Å². The predicted octanol–water partition coefficient (Wildman–Crippen LogP) is 0.370. The monoisotopic (exact) mass is 309 g/mol. The average molecular weight is 309 g/mol. The number of likely N-dealkylation sites (tertiary alicyclic amines) is 1. The summed E-state index contributed by atoms with van der Waals surface area (Å²) in [6, 6.07) is 0. The van der Waals surface area contributed by atoms with Crippen molar-refractivity contribution in [1.82, 2.24) is 25.0 Å². The van der Waals surface area contributed by atoms with Gasteiger partial charge in [0, 0.05) is 33.3 Å². The molecule has 1 aromatic rings. The molecule has 0 radical (unpaired) electrons. The maximum Gasteiger partial charge on any atom is 0.236 e. The van der Waals surface area contributed by atoms with Gasteiger partial charge in [-0.15, -0.1) is 0 Å². The zero-order valence-electron chi connectivity index (χ0n) is 13.8. The van der Waals surface area contributed by atoms with Gasteiger partial charge in [-0.05, 0) is 32.6 Å². The van der Waals surface area contributed by atoms with Crippen molar-refractivity contribution >= 4 is 5.91 Å². The molecule has 0 saturated carbocycles. The summed E-state index contributed by atoms with van der Waals surface area (Å²) in [7, 11) is 1.66. The summed E-state index contributed by atoms with van der Waals surface area (Å²) in [5.74, 6) is 2.38. The Morgan fingerprint density at radius 3 is 2.95 bits per heavy atom. The molecule has 1 fully saturated rings. The minimum absolute atomic E-state index is 0.173. The summed E-state index contributed by atoms with van der Waals surface area (Å²) in [5.41, 5.74) is 0. The largest absolute Gasteiger partial charge is 0.383 e. The molecule has 1 amide bonds. The van der Waals surface area contributed by atoms with E-state index in [1.54, 1.807) is 7.11 Å². The molecule has 7 nitrogen and oxygen atoms in total. The number of ether oxygens (including phenoxy) is 1. The molecular weight excluding hydrogens is 282 g/mol. The second-order valence-corrected chi connectivity index (χ2v) is 5.91. The minimum Gasteiger partial charge on any atom is -0.383 e. The van der Waals surface area contributed by atoms with Crippen LogP contribution in [0.5, 0.6) is 0 Å². The summed E-state index contributed by atoms with van der Waals surface area (Å²) in [4.78, 5) is 18.5. The first-order valence-corrected chi connectivity index (χ1v) is 7.95. The van der Waals surface area contributed by atoms with Gasteiger partial charge in [0.15, 0.2) is 0 Å². The number of rotatable bonds is 7. The lowest BCUT2D eigenvalue weighted by atomic mass is 9.98. The highest BCUT2D eigenvalue weighted by Gasteiger charge is 2.24. The van der Waals surface area contributed by atoms with Crippen molar-refractivity contribution in [3.8, 4) is 0 Å². The molecule has 1 unspecified atom stereocenters. The molecule has 0 aliphatic carbocycles. The number of nitrogens with zero attached hydrogens (tertiary/aromatic N) is 4. The second-order valence-electron chi connectivity index (χ2n) is 5.91. The number of aryl methyl sites for hydroxylation is 2. The van der Waals surface area contributed by atoms with Gasteiger partial charge in [0.05, 0.1) is 13.2 Å². The van der Waals surface area contributed by atoms with Crippen molar-refractivity contribution in [2.75, 3.05) is 39.9 Å². The highest BCUT2D eigenvalue weighted by atomic mass is 16.5. The molecule has 1 saturated heterocycles. The molecule has 124 valence electrons. The first kappa shape index (κ1) is 16.9. The summed E-state index contributed by atoms with van der Waals surface area (Å²) in [5, 5.41) is 7.54. The fourth-order valence-electron chi connectivity index (χ4n) is 2.90. The number of amides is 1. The summed E-state index contributed by atoms with van der Waals surface area (Å²) < 4.78 is 6.93. The van der Waals surface area contributed by atoms with E-state index in [9.17, 15) is 4.79 Å². The minimum atomic E-state index is 0.173. The van der Waals surface area contributed by atoms with E-state index in [-0.39, 0.29) is 5.91 Å². The smallest absolute Gasteiger partial charge is 0.236 e. The van der Waals surface area contributed by atoms with Crippen LogP contribution in [0.25, 0.3) is 0 Å². The molecule has 2 rings (SSSR count). The van der Waals surface area contributed by atoms with Gasteiger partial charge in [0.2, 0.25) is 5.91 Å². The molecular formula is C15H27N5O2. The van der Waals surface area contributed by atoms with Crippen LogP contribution in [0.15, 0.2) is 0 Å². The Balaban J connectivity index is 1.81. The molecule has 1 aliphatic rings. The van der Waals surface area contributed by atoms with E-state index in [2.05, 4.69) is 15.4 Å². The Hall–Kier alpha value is -1.47. The van der Waals surface area contributed by atoms with Crippen LogP contribution in [0.3, 0.4) is 0 Å². The van der Waals surface area contributed by atoms with Gasteiger partial charge < -0.3 is 15.0 Å². The predicted molar refractivity (Wildman–Crippen MR) is 83.5 cm³/mol. The molecule has 22 heavy (non-hydrogen) atoms. The number of methoxy groups -OCH3 is 1. The van der Waals surface area contributed by atoms with Crippen LogP contribution in [-0.4, -0.2) is 65.5 Å². The number of hydrogen-bond acceptors (Lipinski definition) is 5. The van der Waals surface area contributed by atoms with Crippen molar-refractivity contribution < 1.29 is 9.53 Å². The van der Waals surface area contributed by atoms with Crippen molar-refractivity contribution in [2.24, 2.45) is 5.92 Å². The molecule has 1 atom stereocenters. The molecule has 0 spiro atoms. The van der Waals surface area contributed by atoms with Gasteiger partial charge in [-0.25, -0.2) is 9.67 Å². The first-order chi connectivity index (χ1) is 10.6. The zero-order valence-corrected chi connectivity index (χ0v) is 13.8. The summed E-state index contributed by atoms with van der Waals surface area (Å²) >= 11 is 0. The van der Waals surface area contributed by atoms with Crippen molar-refractivity contribution in [1.29, 1.82) is 0 Å². The average Bonchev–Trinajstić information content (AvgIpc) is 2.81. The first-order valence-electron chi connectivity index (χ1n) is 7.95. The van der Waals surface area contributed by atoms with E-state index < -0.39 is 0 Å². The van der Waals surface area contributed by atoms with Crippen LogP contribution in [-0.2, 0) is 16.1 Å². The lowest BCUT2D eigenvalue weighted by molar-refractivity contribution is -0.132. The van der Waals surface area contributed by atoms with E-state index in [4.69, 9.17) is 4.74 Å². The number of aromatic nitrogens is 3. The van der Waals surface area contributed by atoms with Gasteiger partial charge in [-0.3, -0.25) is 4.79 Å². The zero-order chi connectivity index (χ0) is 15.9. The second kappa shape index (κ2) is 8.24. The third kappa shape index (κ3) is 4.78. The highest BCUT2D eigenvalue weighted by Crippen LogP contribution is 2.18.